The van der Waals surface area contributed by atoms with Crippen molar-refractivity contribution in [3.8, 4) is 0 Å². The van der Waals surface area contributed by atoms with Crippen molar-refractivity contribution in [2.45, 2.75) is 25.7 Å². The Morgan fingerprint density at radius 2 is 1.94 bits per heavy atom. The minimum atomic E-state index is 0.166. The molecule has 0 radical (unpaired) electrons. The molecule has 6 nitrogen and oxygen atoms in total. The van der Waals surface area contributed by atoms with Gasteiger partial charge in [-0.2, -0.15) is 9.97 Å². The summed E-state index contributed by atoms with van der Waals surface area (Å²) in [6.07, 6.45) is 4.68. The van der Waals surface area contributed by atoms with Gasteiger partial charge in [-0.1, -0.05) is 0 Å². The predicted molar refractivity (Wildman–Crippen MR) is 72.9 cm³/mol. The summed E-state index contributed by atoms with van der Waals surface area (Å²) < 4.78 is 0. The number of aromatic nitrogens is 3. The normalized spacial score (nSPS) is 14.2. The van der Waals surface area contributed by atoms with E-state index in [4.69, 9.17) is 11.5 Å². The lowest BCUT2D eigenvalue weighted by Gasteiger charge is -2.06. The lowest BCUT2D eigenvalue weighted by Crippen LogP contribution is -2.03. The van der Waals surface area contributed by atoms with Gasteiger partial charge >= 0.3 is 0 Å². The summed E-state index contributed by atoms with van der Waals surface area (Å²) in [5.74, 6) is 1.11. The van der Waals surface area contributed by atoms with Crippen molar-refractivity contribution in [2.24, 2.45) is 0 Å². The molecular formula is C11H14N6S. The molecule has 0 unspecified atom stereocenters. The molecule has 18 heavy (non-hydrogen) atoms. The van der Waals surface area contributed by atoms with E-state index < -0.39 is 0 Å². The Hall–Kier alpha value is -1.89. The van der Waals surface area contributed by atoms with Crippen molar-refractivity contribution in [3.63, 3.8) is 0 Å². The second-order valence-electron chi connectivity index (χ2n) is 4.26. The van der Waals surface area contributed by atoms with Crippen LogP contribution in [0.25, 0.3) is 0 Å². The molecule has 3 rings (SSSR count). The number of hydrogen-bond acceptors (Lipinski definition) is 7. The second kappa shape index (κ2) is 4.41. The van der Waals surface area contributed by atoms with Crippen LogP contribution in [0.4, 0.5) is 22.7 Å². The number of thiazole rings is 1. The molecule has 94 valence electrons. The largest absolute Gasteiger partial charge is 0.383 e. The van der Waals surface area contributed by atoms with Crippen LogP contribution >= 0.6 is 11.3 Å². The lowest BCUT2D eigenvalue weighted by molar-refractivity contribution is 0.683. The van der Waals surface area contributed by atoms with Crippen molar-refractivity contribution in [1.29, 1.82) is 0 Å². The summed E-state index contributed by atoms with van der Waals surface area (Å²) in [5.41, 5.74) is 12.4. The highest BCUT2D eigenvalue weighted by atomic mass is 32.1. The SMILES string of the molecule is Nc1cc(Nc2nc3c(s2)CCCC3)nc(N)n1. The number of rotatable bonds is 2. The number of anilines is 4. The molecule has 0 amide bonds. The number of nitrogen functional groups attached to an aromatic ring is 2. The Labute approximate surface area is 108 Å². The summed E-state index contributed by atoms with van der Waals surface area (Å²) in [5, 5.41) is 3.99. The molecule has 2 aromatic heterocycles. The Morgan fingerprint density at radius 1 is 1.11 bits per heavy atom. The van der Waals surface area contributed by atoms with E-state index in [1.54, 1.807) is 17.4 Å². The van der Waals surface area contributed by atoms with E-state index in [0.29, 0.717) is 11.6 Å². The van der Waals surface area contributed by atoms with Gasteiger partial charge in [0.1, 0.15) is 11.6 Å². The number of nitrogens with zero attached hydrogens (tertiary/aromatic N) is 3. The maximum atomic E-state index is 5.62. The Morgan fingerprint density at radius 3 is 2.72 bits per heavy atom. The maximum Gasteiger partial charge on any atom is 0.223 e. The van der Waals surface area contributed by atoms with Gasteiger partial charge in [0, 0.05) is 10.9 Å². The third-order valence-electron chi connectivity index (χ3n) is 2.84. The van der Waals surface area contributed by atoms with E-state index in [1.807, 2.05) is 0 Å². The Kier molecular flexibility index (Phi) is 2.75. The van der Waals surface area contributed by atoms with Crippen molar-refractivity contribution >= 4 is 34.1 Å². The van der Waals surface area contributed by atoms with E-state index in [0.717, 1.165) is 18.0 Å². The van der Waals surface area contributed by atoms with Crippen LogP contribution < -0.4 is 16.8 Å². The zero-order valence-electron chi connectivity index (χ0n) is 9.81. The fourth-order valence-electron chi connectivity index (χ4n) is 2.06. The summed E-state index contributed by atoms with van der Waals surface area (Å²) in [6.45, 7) is 0. The Bertz CT molecular complexity index is 535. The summed E-state index contributed by atoms with van der Waals surface area (Å²) in [6, 6.07) is 1.65. The molecule has 5 N–H and O–H groups in total. The molecule has 2 heterocycles. The van der Waals surface area contributed by atoms with E-state index >= 15 is 0 Å². The first-order valence-electron chi connectivity index (χ1n) is 5.86. The van der Waals surface area contributed by atoms with Crippen LogP contribution in [-0.2, 0) is 12.8 Å². The highest BCUT2D eigenvalue weighted by molar-refractivity contribution is 7.15. The minimum Gasteiger partial charge on any atom is -0.383 e. The molecule has 0 saturated carbocycles. The number of aryl methyl sites for hydroxylation is 2. The zero-order chi connectivity index (χ0) is 12.5. The average molecular weight is 262 g/mol. The van der Waals surface area contributed by atoms with Crippen molar-refractivity contribution in [2.75, 3.05) is 16.8 Å². The predicted octanol–water partition coefficient (Wildman–Crippen LogP) is 1.72. The molecule has 0 aromatic carbocycles. The summed E-state index contributed by atoms with van der Waals surface area (Å²) in [7, 11) is 0. The summed E-state index contributed by atoms with van der Waals surface area (Å²) in [4.78, 5) is 13.9. The molecule has 0 fully saturated rings. The van der Waals surface area contributed by atoms with Gasteiger partial charge in [0.2, 0.25) is 5.95 Å². The van der Waals surface area contributed by atoms with Crippen molar-refractivity contribution < 1.29 is 0 Å². The van der Waals surface area contributed by atoms with Crippen LogP contribution in [0.1, 0.15) is 23.4 Å². The number of fused-ring (bicyclic) bond motifs is 1. The van der Waals surface area contributed by atoms with E-state index in [-0.39, 0.29) is 5.95 Å². The first-order valence-corrected chi connectivity index (χ1v) is 6.68. The zero-order valence-corrected chi connectivity index (χ0v) is 10.6. The highest BCUT2D eigenvalue weighted by Crippen LogP contribution is 2.31. The second-order valence-corrected chi connectivity index (χ2v) is 5.34. The fraction of sp³-hybridized carbons (Fsp3) is 0.364. The van der Waals surface area contributed by atoms with Gasteiger partial charge in [-0.25, -0.2) is 4.98 Å². The molecular weight excluding hydrogens is 248 g/mol. The van der Waals surface area contributed by atoms with Crippen molar-refractivity contribution in [1.82, 2.24) is 15.0 Å². The maximum absolute atomic E-state index is 5.62. The molecule has 0 bridgehead atoms. The minimum absolute atomic E-state index is 0.166. The smallest absolute Gasteiger partial charge is 0.223 e. The van der Waals surface area contributed by atoms with Crippen LogP contribution in [0.5, 0.6) is 0 Å². The third kappa shape index (κ3) is 2.21. The molecule has 0 saturated heterocycles. The number of nitrogens with two attached hydrogens (primary N) is 2. The van der Waals surface area contributed by atoms with Gasteiger partial charge < -0.3 is 16.8 Å². The molecule has 2 aromatic rings. The number of hydrogen-bond donors (Lipinski definition) is 3. The molecule has 1 aliphatic rings. The van der Waals surface area contributed by atoms with Gasteiger partial charge in [0.25, 0.3) is 0 Å². The molecule has 0 aliphatic heterocycles. The molecule has 7 heteroatoms. The fourth-order valence-corrected chi connectivity index (χ4v) is 3.12. The molecule has 0 atom stereocenters. The van der Waals surface area contributed by atoms with Crippen LogP contribution in [0.2, 0.25) is 0 Å². The van der Waals surface area contributed by atoms with E-state index in [2.05, 4.69) is 20.3 Å². The van der Waals surface area contributed by atoms with Crippen LogP contribution in [0.15, 0.2) is 6.07 Å². The topological polar surface area (TPSA) is 103 Å². The first-order chi connectivity index (χ1) is 8.70. The quantitative estimate of drug-likeness (QED) is 0.761. The van der Waals surface area contributed by atoms with Gasteiger partial charge in [-0.3, -0.25) is 0 Å². The van der Waals surface area contributed by atoms with Gasteiger partial charge in [-0.15, -0.1) is 11.3 Å². The van der Waals surface area contributed by atoms with Gasteiger partial charge in [0.05, 0.1) is 5.69 Å². The van der Waals surface area contributed by atoms with Gasteiger partial charge in [0.15, 0.2) is 5.13 Å². The first kappa shape index (κ1) is 11.2. The summed E-state index contributed by atoms with van der Waals surface area (Å²) >= 11 is 1.68. The standard InChI is InChI=1S/C11H14N6S/c12-8-5-9(16-10(13)15-8)17-11-14-6-3-1-2-4-7(6)18-11/h5H,1-4H2,(H5,12,13,14,15,16,17). The van der Waals surface area contributed by atoms with Crippen LogP contribution in [0, 0.1) is 0 Å². The molecule has 0 spiro atoms. The van der Waals surface area contributed by atoms with E-state index in [9.17, 15) is 0 Å². The average Bonchev–Trinajstić information content (AvgIpc) is 2.69. The lowest BCUT2D eigenvalue weighted by atomic mass is 10.0. The van der Waals surface area contributed by atoms with Crippen molar-refractivity contribution in [3.05, 3.63) is 16.6 Å². The highest BCUT2D eigenvalue weighted by Gasteiger charge is 2.15. The van der Waals surface area contributed by atoms with Crippen LogP contribution in [0.3, 0.4) is 0 Å². The van der Waals surface area contributed by atoms with E-state index in [1.165, 1.54) is 23.4 Å². The third-order valence-corrected chi connectivity index (χ3v) is 3.92. The van der Waals surface area contributed by atoms with Crippen LogP contribution in [-0.4, -0.2) is 15.0 Å². The Balaban J connectivity index is 1.85. The number of nitrogens with one attached hydrogen (secondary N) is 1. The monoisotopic (exact) mass is 262 g/mol. The molecule has 1 aliphatic carbocycles. The van der Waals surface area contributed by atoms with Gasteiger partial charge in [-0.05, 0) is 25.7 Å².